The molecule has 0 N–H and O–H groups in total. The number of amides is 1. The van der Waals surface area contributed by atoms with E-state index in [1.165, 1.54) is 0 Å². The molecule has 0 aliphatic carbocycles. The number of cyclic esters (lactones) is 1. The lowest BCUT2D eigenvalue weighted by atomic mass is 10.0. The van der Waals surface area contributed by atoms with Crippen molar-refractivity contribution in [2.45, 2.75) is 19.4 Å². The van der Waals surface area contributed by atoms with Crippen LogP contribution in [0.3, 0.4) is 0 Å². The summed E-state index contributed by atoms with van der Waals surface area (Å²) in [7, 11) is 1.72. The van der Waals surface area contributed by atoms with Gasteiger partial charge in [0.2, 0.25) is 0 Å². The predicted molar refractivity (Wildman–Crippen MR) is 63.0 cm³/mol. The van der Waals surface area contributed by atoms with Crippen molar-refractivity contribution < 1.29 is 14.3 Å². The molecule has 1 aliphatic rings. The number of nitrogens with zero attached hydrogens (tertiary/aromatic N) is 1. The Balaban J connectivity index is 2.07. The molecule has 0 radical (unpaired) electrons. The van der Waals surface area contributed by atoms with Crippen molar-refractivity contribution >= 4 is 11.9 Å². The lowest BCUT2D eigenvalue weighted by Crippen LogP contribution is -2.20. The van der Waals surface area contributed by atoms with Crippen molar-refractivity contribution in [1.29, 1.82) is 0 Å². The van der Waals surface area contributed by atoms with Crippen molar-refractivity contribution in [3.8, 4) is 0 Å². The second kappa shape index (κ2) is 4.57. The van der Waals surface area contributed by atoms with E-state index in [1.54, 1.807) is 24.9 Å². The molecule has 1 amide bonds. The second-order valence-electron chi connectivity index (χ2n) is 4.35. The van der Waals surface area contributed by atoms with Gasteiger partial charge >= 0.3 is 6.09 Å². The van der Waals surface area contributed by atoms with Crippen LogP contribution < -0.4 is 0 Å². The van der Waals surface area contributed by atoms with Gasteiger partial charge in [0.15, 0.2) is 5.78 Å². The fraction of sp³-hybridized carbons (Fsp3) is 0.385. The normalized spacial score (nSPS) is 19.3. The van der Waals surface area contributed by atoms with Crippen LogP contribution in [0, 0.1) is 0 Å². The number of hydrogen-bond donors (Lipinski definition) is 0. The van der Waals surface area contributed by atoms with Gasteiger partial charge in [-0.05, 0) is 18.6 Å². The molecule has 90 valence electrons. The monoisotopic (exact) mass is 233 g/mol. The molecule has 1 saturated heterocycles. The number of hydrogen-bond acceptors (Lipinski definition) is 3. The van der Waals surface area contributed by atoms with Crippen molar-refractivity contribution in [1.82, 2.24) is 4.90 Å². The predicted octanol–water partition coefficient (Wildman–Crippen LogP) is 1.88. The molecule has 1 aliphatic heterocycles. The summed E-state index contributed by atoms with van der Waals surface area (Å²) in [4.78, 5) is 24.0. The van der Waals surface area contributed by atoms with Gasteiger partial charge in [-0.2, -0.15) is 0 Å². The van der Waals surface area contributed by atoms with Gasteiger partial charge in [-0.25, -0.2) is 4.79 Å². The van der Waals surface area contributed by atoms with E-state index in [0.717, 1.165) is 5.56 Å². The molecule has 4 nitrogen and oxygen atoms in total. The highest BCUT2D eigenvalue weighted by atomic mass is 16.6. The van der Waals surface area contributed by atoms with E-state index in [9.17, 15) is 9.59 Å². The van der Waals surface area contributed by atoms with Crippen LogP contribution in [0.25, 0.3) is 0 Å². The van der Waals surface area contributed by atoms with Crippen LogP contribution in [0.15, 0.2) is 24.3 Å². The molecular formula is C13H15NO3. The highest BCUT2D eigenvalue weighted by Crippen LogP contribution is 2.15. The smallest absolute Gasteiger partial charge is 0.409 e. The first-order valence-electron chi connectivity index (χ1n) is 5.58. The zero-order chi connectivity index (χ0) is 12.4. The zero-order valence-corrected chi connectivity index (χ0v) is 9.97. The summed E-state index contributed by atoms with van der Waals surface area (Å²) in [6.45, 7) is 2.14. The molecule has 2 rings (SSSR count). The average Bonchev–Trinajstić information content (AvgIpc) is 2.58. The molecule has 0 spiro atoms. The molecule has 1 aromatic rings. The number of likely N-dealkylation sites (N-methyl/N-ethyl adjacent to an activating group) is 1. The van der Waals surface area contributed by atoms with E-state index in [4.69, 9.17) is 4.74 Å². The van der Waals surface area contributed by atoms with Gasteiger partial charge in [0.25, 0.3) is 0 Å². The summed E-state index contributed by atoms with van der Waals surface area (Å²) in [5.41, 5.74) is 1.71. The zero-order valence-electron chi connectivity index (χ0n) is 9.97. The highest BCUT2D eigenvalue weighted by Gasteiger charge is 2.28. The fourth-order valence-corrected chi connectivity index (χ4v) is 1.94. The van der Waals surface area contributed by atoms with E-state index in [-0.39, 0.29) is 18.0 Å². The quantitative estimate of drug-likeness (QED) is 0.749. The molecule has 1 atom stereocenters. The maximum atomic E-state index is 11.2. The van der Waals surface area contributed by atoms with Crippen LogP contribution >= 0.6 is 0 Å². The summed E-state index contributed by atoms with van der Waals surface area (Å²) in [6.07, 6.45) is 0.254. The summed E-state index contributed by atoms with van der Waals surface area (Å²) < 4.78 is 5.18. The van der Waals surface area contributed by atoms with Gasteiger partial charge in [-0.1, -0.05) is 18.2 Å². The van der Waals surface area contributed by atoms with E-state index in [0.29, 0.717) is 18.5 Å². The third-order valence-corrected chi connectivity index (χ3v) is 2.85. The Morgan fingerprint density at radius 3 is 2.88 bits per heavy atom. The maximum Gasteiger partial charge on any atom is 0.409 e. The molecule has 4 heteroatoms. The third-order valence-electron chi connectivity index (χ3n) is 2.85. The third kappa shape index (κ3) is 2.64. The first kappa shape index (κ1) is 11.6. The van der Waals surface area contributed by atoms with Gasteiger partial charge < -0.3 is 9.64 Å². The summed E-state index contributed by atoms with van der Waals surface area (Å²) >= 11 is 0. The minimum absolute atomic E-state index is 0.0485. The first-order valence-corrected chi connectivity index (χ1v) is 5.58. The lowest BCUT2D eigenvalue weighted by molar-refractivity contribution is 0.101. The molecular weight excluding hydrogens is 218 g/mol. The van der Waals surface area contributed by atoms with E-state index < -0.39 is 0 Å². The largest absolute Gasteiger partial charge is 0.444 e. The van der Waals surface area contributed by atoms with Gasteiger partial charge in [0, 0.05) is 19.0 Å². The van der Waals surface area contributed by atoms with E-state index >= 15 is 0 Å². The van der Waals surface area contributed by atoms with Crippen LogP contribution in [0.2, 0.25) is 0 Å². The van der Waals surface area contributed by atoms with Gasteiger partial charge in [-0.3, -0.25) is 4.79 Å². The average molecular weight is 233 g/mol. The Bertz CT molecular complexity index is 456. The number of benzene rings is 1. The van der Waals surface area contributed by atoms with Crippen LogP contribution in [-0.4, -0.2) is 36.5 Å². The van der Waals surface area contributed by atoms with Crippen molar-refractivity contribution in [2.24, 2.45) is 0 Å². The van der Waals surface area contributed by atoms with Crippen molar-refractivity contribution in [3.05, 3.63) is 35.4 Å². The number of rotatable bonds is 3. The Morgan fingerprint density at radius 1 is 1.53 bits per heavy atom. The van der Waals surface area contributed by atoms with Gasteiger partial charge in [0.05, 0.1) is 6.54 Å². The second-order valence-corrected chi connectivity index (χ2v) is 4.35. The summed E-state index contributed by atoms with van der Waals surface area (Å²) in [5, 5.41) is 0. The summed E-state index contributed by atoms with van der Waals surface area (Å²) in [6, 6.07) is 7.44. The van der Waals surface area contributed by atoms with Gasteiger partial charge in [-0.15, -0.1) is 0 Å². The summed E-state index contributed by atoms with van der Waals surface area (Å²) in [5.74, 6) is 0.0485. The SMILES string of the molecule is CC(=O)c1cccc(CC2CN(C)C(=O)O2)c1. The highest BCUT2D eigenvalue weighted by molar-refractivity contribution is 5.94. The maximum absolute atomic E-state index is 11.2. The lowest BCUT2D eigenvalue weighted by Gasteiger charge is -2.08. The van der Waals surface area contributed by atoms with E-state index in [1.807, 2.05) is 18.2 Å². The fourth-order valence-electron chi connectivity index (χ4n) is 1.94. The molecule has 1 heterocycles. The van der Waals surface area contributed by atoms with E-state index in [2.05, 4.69) is 0 Å². The Morgan fingerprint density at radius 2 is 2.29 bits per heavy atom. The van der Waals surface area contributed by atoms with Crippen molar-refractivity contribution in [3.63, 3.8) is 0 Å². The number of Topliss-reactive ketones (excluding diaryl/α,β-unsaturated/α-hetero) is 1. The number of carbonyl (C=O) groups excluding carboxylic acids is 2. The number of ketones is 1. The van der Waals surface area contributed by atoms with Crippen LogP contribution in [-0.2, 0) is 11.2 Å². The standard InChI is InChI=1S/C13H15NO3/c1-9(15)11-5-3-4-10(6-11)7-12-8-14(2)13(16)17-12/h3-6,12H,7-8H2,1-2H3. The number of carbonyl (C=O) groups is 2. The minimum atomic E-state index is -0.280. The minimum Gasteiger partial charge on any atom is -0.444 e. The molecule has 1 aromatic carbocycles. The number of ether oxygens (including phenoxy) is 1. The molecule has 17 heavy (non-hydrogen) atoms. The van der Waals surface area contributed by atoms with Crippen LogP contribution in [0.5, 0.6) is 0 Å². The Labute approximate surface area is 100 Å². The van der Waals surface area contributed by atoms with Crippen LogP contribution in [0.4, 0.5) is 4.79 Å². The molecule has 1 fully saturated rings. The Kier molecular flexibility index (Phi) is 3.13. The molecule has 0 bridgehead atoms. The molecule has 1 unspecified atom stereocenters. The first-order chi connectivity index (χ1) is 8.06. The van der Waals surface area contributed by atoms with Crippen LogP contribution in [0.1, 0.15) is 22.8 Å². The molecule has 0 aromatic heterocycles. The topological polar surface area (TPSA) is 46.6 Å². The Hall–Kier alpha value is -1.84. The molecule has 0 saturated carbocycles. The van der Waals surface area contributed by atoms with Gasteiger partial charge in [0.1, 0.15) is 6.10 Å². The van der Waals surface area contributed by atoms with Crippen molar-refractivity contribution in [2.75, 3.05) is 13.6 Å².